The third-order valence-corrected chi connectivity index (χ3v) is 2.72. The Balaban J connectivity index is 2.28. The quantitative estimate of drug-likeness (QED) is 0.766. The summed E-state index contributed by atoms with van der Waals surface area (Å²) in [5, 5.41) is 19.4. The Hall–Kier alpha value is -2.01. The molecule has 0 saturated heterocycles. The number of nitrogens with zero attached hydrogens (tertiary/aromatic N) is 1. The van der Waals surface area contributed by atoms with Crippen LogP contribution in [-0.2, 0) is 0 Å². The number of aromatic nitrogens is 1. The van der Waals surface area contributed by atoms with E-state index in [9.17, 15) is 15.0 Å². The fraction of sp³-hybridized carbons (Fsp3) is 0.308. The monoisotopic (exact) mass is 248 g/mol. The van der Waals surface area contributed by atoms with E-state index >= 15 is 0 Å². The van der Waals surface area contributed by atoms with Crippen LogP contribution in [0.2, 0.25) is 0 Å². The fourth-order valence-electron chi connectivity index (χ4n) is 1.92. The number of carbonyl (C=O) groups is 1. The van der Waals surface area contributed by atoms with Crippen molar-refractivity contribution in [3.8, 4) is 5.75 Å². The molecule has 0 fully saturated rings. The van der Waals surface area contributed by atoms with E-state index in [0.717, 1.165) is 10.9 Å². The summed E-state index contributed by atoms with van der Waals surface area (Å²) in [5.41, 5.74) is 1.24. The molecule has 2 aromatic rings. The Kier molecular flexibility index (Phi) is 3.25. The van der Waals surface area contributed by atoms with E-state index in [4.69, 9.17) is 0 Å². The lowest BCUT2D eigenvalue weighted by Gasteiger charge is -2.17. The van der Waals surface area contributed by atoms with Crippen molar-refractivity contribution < 1.29 is 15.0 Å². The number of benzene rings is 1. The summed E-state index contributed by atoms with van der Waals surface area (Å²) in [7, 11) is 1.64. The van der Waals surface area contributed by atoms with Crippen LogP contribution < -0.4 is 0 Å². The summed E-state index contributed by atoms with van der Waals surface area (Å²) in [6.07, 6.45) is -0.563. The smallest absolute Gasteiger partial charge is 0.270 e. The molecule has 0 aliphatic heterocycles. The predicted molar refractivity (Wildman–Crippen MR) is 68.6 cm³/mol. The van der Waals surface area contributed by atoms with Gasteiger partial charge < -0.3 is 20.1 Å². The molecule has 0 spiro atoms. The van der Waals surface area contributed by atoms with Gasteiger partial charge in [-0.05, 0) is 31.2 Å². The molecule has 96 valence electrons. The number of aromatic hydroxyl groups is 1. The van der Waals surface area contributed by atoms with E-state index in [0.29, 0.717) is 5.69 Å². The third kappa shape index (κ3) is 2.46. The Bertz CT molecular complexity index is 575. The molecule has 1 atom stereocenters. The number of hydrogen-bond acceptors (Lipinski definition) is 3. The molecule has 1 unspecified atom stereocenters. The molecular formula is C13H16N2O3. The summed E-state index contributed by atoms with van der Waals surface area (Å²) in [6, 6.07) is 6.57. The van der Waals surface area contributed by atoms with Gasteiger partial charge in [-0.1, -0.05) is 0 Å². The molecule has 1 heterocycles. The Labute approximate surface area is 105 Å². The van der Waals surface area contributed by atoms with Gasteiger partial charge in [0.2, 0.25) is 0 Å². The Morgan fingerprint density at radius 2 is 2.17 bits per heavy atom. The molecule has 0 radical (unpaired) electrons. The highest BCUT2D eigenvalue weighted by Crippen LogP contribution is 2.21. The van der Waals surface area contributed by atoms with Crippen molar-refractivity contribution in [1.82, 2.24) is 9.88 Å². The lowest BCUT2D eigenvalue weighted by Crippen LogP contribution is -2.33. The van der Waals surface area contributed by atoms with Gasteiger partial charge >= 0.3 is 0 Å². The number of phenols is 1. The van der Waals surface area contributed by atoms with Crippen molar-refractivity contribution in [3.63, 3.8) is 0 Å². The van der Waals surface area contributed by atoms with E-state index in [1.54, 1.807) is 38.2 Å². The number of H-pyrrole nitrogens is 1. The van der Waals surface area contributed by atoms with Crippen LogP contribution in [0.25, 0.3) is 10.9 Å². The summed E-state index contributed by atoms with van der Waals surface area (Å²) < 4.78 is 0. The number of rotatable bonds is 3. The zero-order chi connectivity index (χ0) is 13.3. The molecule has 18 heavy (non-hydrogen) atoms. The molecule has 3 N–H and O–H groups in total. The molecule has 0 aliphatic rings. The number of carbonyl (C=O) groups excluding carboxylic acids is 1. The summed E-state index contributed by atoms with van der Waals surface area (Å²) in [6.45, 7) is 1.91. The fourth-order valence-corrected chi connectivity index (χ4v) is 1.92. The van der Waals surface area contributed by atoms with E-state index in [1.165, 1.54) is 4.90 Å². The lowest BCUT2D eigenvalue weighted by molar-refractivity contribution is 0.0699. The first-order valence-electron chi connectivity index (χ1n) is 5.72. The molecule has 0 aliphatic carbocycles. The number of fused-ring (bicyclic) bond motifs is 1. The van der Waals surface area contributed by atoms with Gasteiger partial charge in [0.25, 0.3) is 5.91 Å². The van der Waals surface area contributed by atoms with E-state index in [1.807, 2.05) is 0 Å². The van der Waals surface area contributed by atoms with Crippen molar-refractivity contribution in [3.05, 3.63) is 30.0 Å². The largest absolute Gasteiger partial charge is 0.508 e. The molecule has 1 aromatic heterocycles. The maximum atomic E-state index is 12.1. The van der Waals surface area contributed by atoms with Crippen LogP contribution in [0.3, 0.4) is 0 Å². The highest BCUT2D eigenvalue weighted by Gasteiger charge is 2.15. The van der Waals surface area contributed by atoms with E-state index < -0.39 is 6.10 Å². The summed E-state index contributed by atoms with van der Waals surface area (Å²) in [5.74, 6) is -0.0237. The zero-order valence-electron chi connectivity index (χ0n) is 10.3. The molecular weight excluding hydrogens is 232 g/mol. The minimum Gasteiger partial charge on any atom is -0.508 e. The van der Waals surface area contributed by atoms with Crippen LogP contribution >= 0.6 is 0 Å². The van der Waals surface area contributed by atoms with Gasteiger partial charge in [-0.3, -0.25) is 4.79 Å². The maximum Gasteiger partial charge on any atom is 0.270 e. The zero-order valence-corrected chi connectivity index (χ0v) is 10.3. The molecule has 0 saturated carbocycles. The van der Waals surface area contributed by atoms with Crippen LogP contribution in [0, 0.1) is 0 Å². The van der Waals surface area contributed by atoms with Crippen molar-refractivity contribution in [2.45, 2.75) is 13.0 Å². The first kappa shape index (κ1) is 12.4. The van der Waals surface area contributed by atoms with Gasteiger partial charge in [-0.2, -0.15) is 0 Å². The molecule has 0 bridgehead atoms. The lowest BCUT2D eigenvalue weighted by atomic mass is 10.2. The van der Waals surface area contributed by atoms with Gasteiger partial charge in [0.05, 0.1) is 6.10 Å². The highest BCUT2D eigenvalue weighted by molar-refractivity contribution is 5.98. The number of phenolic OH excluding ortho intramolecular Hbond substituents is 1. The van der Waals surface area contributed by atoms with Gasteiger partial charge in [-0.25, -0.2) is 0 Å². The Morgan fingerprint density at radius 3 is 2.83 bits per heavy atom. The number of aliphatic hydroxyl groups is 1. The van der Waals surface area contributed by atoms with Crippen molar-refractivity contribution >= 4 is 16.8 Å². The van der Waals surface area contributed by atoms with Crippen LogP contribution in [0.15, 0.2) is 24.3 Å². The standard InChI is InChI=1S/C13H16N2O3/c1-8(16)7-15(2)13(18)12-6-9-5-10(17)3-4-11(9)14-12/h3-6,8,14,16-17H,7H2,1-2H3. The minimum atomic E-state index is -0.563. The van der Waals surface area contributed by atoms with E-state index in [-0.39, 0.29) is 18.2 Å². The SMILES string of the molecule is CC(O)CN(C)C(=O)c1cc2cc(O)ccc2[nH]1. The van der Waals surface area contributed by atoms with Crippen LogP contribution in [0.5, 0.6) is 5.75 Å². The molecule has 2 rings (SSSR count). The number of nitrogens with one attached hydrogen (secondary N) is 1. The van der Waals surface area contributed by atoms with Crippen molar-refractivity contribution in [2.75, 3.05) is 13.6 Å². The summed E-state index contributed by atoms with van der Waals surface area (Å²) >= 11 is 0. The van der Waals surface area contributed by atoms with Crippen molar-refractivity contribution in [1.29, 1.82) is 0 Å². The maximum absolute atomic E-state index is 12.1. The average Bonchev–Trinajstić information content (AvgIpc) is 2.69. The second-order valence-electron chi connectivity index (χ2n) is 4.49. The van der Waals surface area contributed by atoms with Gasteiger partial charge in [0.15, 0.2) is 0 Å². The number of hydrogen-bond donors (Lipinski definition) is 3. The average molecular weight is 248 g/mol. The van der Waals surface area contributed by atoms with E-state index in [2.05, 4.69) is 4.98 Å². The number of likely N-dealkylation sites (N-methyl/N-ethyl adjacent to an activating group) is 1. The normalized spacial score (nSPS) is 12.6. The summed E-state index contributed by atoms with van der Waals surface area (Å²) in [4.78, 5) is 16.5. The minimum absolute atomic E-state index is 0.165. The molecule has 5 heteroatoms. The second kappa shape index (κ2) is 4.70. The predicted octanol–water partition coefficient (Wildman–Crippen LogP) is 1.33. The second-order valence-corrected chi connectivity index (χ2v) is 4.49. The third-order valence-electron chi connectivity index (χ3n) is 2.72. The van der Waals surface area contributed by atoms with Gasteiger partial charge in [0.1, 0.15) is 11.4 Å². The first-order valence-corrected chi connectivity index (χ1v) is 5.72. The highest BCUT2D eigenvalue weighted by atomic mass is 16.3. The van der Waals surface area contributed by atoms with Crippen LogP contribution in [0.4, 0.5) is 0 Å². The van der Waals surface area contributed by atoms with Gasteiger partial charge in [0, 0.05) is 24.5 Å². The molecule has 1 aromatic carbocycles. The number of aliphatic hydroxyl groups excluding tert-OH is 1. The molecule has 5 nitrogen and oxygen atoms in total. The van der Waals surface area contributed by atoms with Crippen LogP contribution in [-0.4, -0.2) is 45.7 Å². The number of aromatic amines is 1. The number of amides is 1. The Morgan fingerprint density at radius 1 is 1.44 bits per heavy atom. The first-order chi connectivity index (χ1) is 8.47. The van der Waals surface area contributed by atoms with Crippen LogP contribution in [0.1, 0.15) is 17.4 Å². The van der Waals surface area contributed by atoms with Gasteiger partial charge in [-0.15, -0.1) is 0 Å². The molecule has 1 amide bonds. The van der Waals surface area contributed by atoms with Crippen molar-refractivity contribution in [2.24, 2.45) is 0 Å². The topological polar surface area (TPSA) is 76.6 Å².